The molecule has 1 radical (unpaired) electrons. The van der Waals surface area contributed by atoms with Gasteiger partial charge in [0, 0.05) is 46.3 Å². The van der Waals surface area contributed by atoms with Gasteiger partial charge < -0.3 is 9.46 Å². The third kappa shape index (κ3) is 11.4. The van der Waals surface area contributed by atoms with E-state index in [1.165, 1.54) is 12.1 Å². The molecule has 0 aliphatic carbocycles. The first-order valence-electron chi connectivity index (χ1n) is 13.8. The first kappa shape index (κ1) is 38.6. The van der Waals surface area contributed by atoms with E-state index in [9.17, 15) is 13.2 Å². The number of benzene rings is 3. The van der Waals surface area contributed by atoms with Crippen molar-refractivity contribution in [3.05, 3.63) is 132 Å². The third-order valence-corrected chi connectivity index (χ3v) is 7.63. The molecule has 0 saturated carbocycles. The van der Waals surface area contributed by atoms with Crippen molar-refractivity contribution in [1.29, 1.82) is 0 Å². The zero-order chi connectivity index (χ0) is 34.7. The second kappa shape index (κ2) is 17.5. The zero-order valence-corrected chi connectivity index (χ0v) is 28.2. The van der Waals surface area contributed by atoms with E-state index in [0.29, 0.717) is 0 Å². The monoisotopic (exact) mass is 750 g/mol. The van der Waals surface area contributed by atoms with Crippen LogP contribution in [0.2, 0.25) is 0 Å². The largest absolute Gasteiger partial charge is 2.00 e. The number of fused-ring (bicyclic) bond motifs is 6. The van der Waals surface area contributed by atoms with Crippen LogP contribution in [0.1, 0.15) is 5.56 Å². The van der Waals surface area contributed by atoms with Crippen molar-refractivity contribution in [3.63, 3.8) is 0 Å². The molecule has 13 nitrogen and oxygen atoms in total. The Morgan fingerprint density at radius 3 is 1.20 bits per heavy atom. The number of hydrogen-bond donors (Lipinski definition) is 0. The normalized spacial score (nSPS) is 10.7. The standard InChI is InChI=1S/2C12H8N2.C9H11NO4S.ClHO4.Cu/c2*1-3-9-5-6-10-4-2-8-14-12(10)11(9)13-7-1;1-7-3-5-8(6-4-7)15(12,13)10-9(11)14-2;2-1(3,4)5;/h2*1-8H;3-6H,1-2H3,(H,10,11);(H,2,3,4,5);/q;;;;+2/p-2. The number of aryl methyl sites for hydroxylation is 1. The first-order chi connectivity index (χ1) is 22.9. The molecule has 3 aromatic carbocycles. The van der Waals surface area contributed by atoms with Gasteiger partial charge in [-0.2, -0.15) is 0 Å². The minimum absolute atomic E-state index is 0. The van der Waals surface area contributed by atoms with Crippen molar-refractivity contribution < 1.29 is 63.9 Å². The summed E-state index contributed by atoms with van der Waals surface area (Å²) in [5.74, 6) is 0. The van der Waals surface area contributed by atoms with E-state index >= 15 is 0 Å². The maximum absolute atomic E-state index is 11.4. The van der Waals surface area contributed by atoms with Crippen LogP contribution in [0.25, 0.3) is 48.3 Å². The molecular formula is C33H26ClCuN5O8S. The topological polar surface area (TPSA) is 218 Å². The summed E-state index contributed by atoms with van der Waals surface area (Å²) in [5, 5.41) is 4.55. The van der Waals surface area contributed by atoms with Gasteiger partial charge in [-0.05, 0) is 43.3 Å². The van der Waals surface area contributed by atoms with E-state index in [2.05, 4.69) is 77.9 Å². The summed E-state index contributed by atoms with van der Waals surface area (Å²) >= 11 is 0. The number of carbonyl (C=O) groups is 1. The molecule has 0 atom stereocenters. The van der Waals surface area contributed by atoms with Crippen molar-refractivity contribution in [3.8, 4) is 0 Å². The SMILES string of the molecule is COC(=O)[N-]S(=O)(=O)c1ccc(C)cc1.[Cu+2].[O-][Cl+3]([O-])([O-])[O-].c1cnc2c(c1)ccc1cccnc12.c1cnc2c(c1)ccc1cccnc12. The van der Waals surface area contributed by atoms with Crippen LogP contribution in [-0.2, 0) is 31.8 Å². The molecule has 7 rings (SSSR count). The summed E-state index contributed by atoms with van der Waals surface area (Å²) in [6.45, 7) is 1.83. The van der Waals surface area contributed by atoms with Gasteiger partial charge in [0.1, 0.15) is 10.0 Å². The smallest absolute Gasteiger partial charge is 0.506 e. The third-order valence-electron chi connectivity index (χ3n) is 6.38. The molecule has 0 aliphatic rings. The van der Waals surface area contributed by atoms with Gasteiger partial charge in [-0.1, -0.05) is 66.2 Å². The quantitative estimate of drug-likeness (QED) is 0.184. The molecule has 0 unspecified atom stereocenters. The van der Waals surface area contributed by atoms with Gasteiger partial charge in [-0.25, -0.2) is 27.1 Å². The van der Waals surface area contributed by atoms with Gasteiger partial charge in [0.05, 0.1) is 34.1 Å². The van der Waals surface area contributed by atoms with Crippen LogP contribution in [0.3, 0.4) is 0 Å². The molecule has 4 heterocycles. The molecule has 16 heteroatoms. The number of carbonyl (C=O) groups excluding carboxylic acids is 1. The van der Waals surface area contributed by atoms with Crippen molar-refractivity contribution >= 4 is 59.7 Å². The van der Waals surface area contributed by atoms with E-state index in [1.807, 2.05) is 31.2 Å². The summed E-state index contributed by atoms with van der Waals surface area (Å²) < 4.78 is 63.9. The van der Waals surface area contributed by atoms with Crippen LogP contribution in [0.15, 0.2) is 127 Å². The zero-order valence-electron chi connectivity index (χ0n) is 25.6. The average molecular weight is 752 g/mol. The number of methoxy groups -OCH3 is 1. The first-order valence-corrected chi connectivity index (χ1v) is 16.4. The van der Waals surface area contributed by atoms with Crippen LogP contribution in [-0.4, -0.2) is 41.6 Å². The Bertz CT molecular complexity index is 2050. The van der Waals surface area contributed by atoms with Crippen molar-refractivity contribution in [2.45, 2.75) is 11.8 Å². The van der Waals surface area contributed by atoms with E-state index in [4.69, 9.17) is 18.6 Å². The van der Waals surface area contributed by atoms with Gasteiger partial charge in [0.15, 0.2) is 0 Å². The molecule has 255 valence electrons. The molecular weight excluding hydrogens is 725 g/mol. The number of ether oxygens (including phenoxy) is 1. The summed E-state index contributed by atoms with van der Waals surface area (Å²) in [7, 11) is -7.82. The molecule has 0 N–H and O–H groups in total. The van der Waals surface area contributed by atoms with Crippen molar-refractivity contribution in [2.24, 2.45) is 0 Å². The minimum atomic E-state index is -4.94. The van der Waals surface area contributed by atoms with Gasteiger partial charge in [0.25, 0.3) is 0 Å². The fraction of sp³-hybridized carbons (Fsp3) is 0.0606. The second-order valence-electron chi connectivity index (χ2n) is 9.66. The summed E-state index contributed by atoms with van der Waals surface area (Å²) in [6, 6.07) is 30.3. The van der Waals surface area contributed by atoms with Gasteiger partial charge >= 0.3 is 17.1 Å². The average Bonchev–Trinajstić information content (AvgIpc) is 3.08. The fourth-order valence-corrected chi connectivity index (χ4v) is 5.11. The summed E-state index contributed by atoms with van der Waals surface area (Å²) in [5.41, 5.74) is 4.83. The molecule has 1 amide bonds. The van der Waals surface area contributed by atoms with E-state index in [0.717, 1.165) is 56.3 Å². The molecule has 49 heavy (non-hydrogen) atoms. The number of nitrogens with zero attached hydrogens (tertiary/aromatic N) is 5. The summed E-state index contributed by atoms with van der Waals surface area (Å²) in [4.78, 5) is 28.1. The summed E-state index contributed by atoms with van der Waals surface area (Å²) in [6.07, 6.45) is 6.08. The predicted molar refractivity (Wildman–Crippen MR) is 168 cm³/mol. The van der Waals surface area contributed by atoms with Gasteiger partial charge in [-0.3, -0.25) is 24.7 Å². The number of rotatable bonds is 2. The molecule has 0 aliphatic heterocycles. The second-order valence-corrected chi connectivity index (χ2v) is 12.0. The van der Waals surface area contributed by atoms with Crippen LogP contribution in [0.4, 0.5) is 4.79 Å². The molecule has 0 fully saturated rings. The van der Waals surface area contributed by atoms with Gasteiger partial charge in [0.2, 0.25) is 6.09 Å². The predicted octanol–water partition coefficient (Wildman–Crippen LogP) is 2.63. The number of halogens is 1. The van der Waals surface area contributed by atoms with Gasteiger partial charge in [-0.15, -0.1) is 10.2 Å². The molecule has 0 bridgehead atoms. The Hall–Kier alpha value is -4.83. The Morgan fingerprint density at radius 1 is 0.612 bits per heavy atom. The molecule has 0 saturated heterocycles. The number of pyridine rings is 4. The van der Waals surface area contributed by atoms with Crippen molar-refractivity contribution in [2.75, 3.05) is 7.11 Å². The number of amides is 1. The Kier molecular flexibility index (Phi) is 13.8. The van der Waals surface area contributed by atoms with E-state index in [-0.39, 0.29) is 22.0 Å². The Balaban J connectivity index is 0.000000184. The molecule has 4 aromatic heterocycles. The van der Waals surface area contributed by atoms with E-state index < -0.39 is 26.4 Å². The number of sulfonamides is 1. The van der Waals surface area contributed by atoms with Crippen LogP contribution >= 0.6 is 0 Å². The fourth-order valence-electron chi connectivity index (χ4n) is 4.26. The Labute approximate surface area is 293 Å². The Morgan fingerprint density at radius 2 is 0.918 bits per heavy atom. The van der Waals surface area contributed by atoms with Crippen LogP contribution < -0.4 is 18.6 Å². The number of hydrogen-bond acceptors (Lipinski definition) is 12. The minimum Gasteiger partial charge on any atom is -0.506 e. The molecule has 7 aromatic rings. The number of aromatic nitrogens is 4. The van der Waals surface area contributed by atoms with Crippen molar-refractivity contribution in [1.82, 2.24) is 19.9 Å². The maximum atomic E-state index is 11.4. The van der Waals surface area contributed by atoms with E-state index in [1.54, 1.807) is 36.9 Å². The molecule has 0 spiro atoms. The maximum Gasteiger partial charge on any atom is 2.00 e. The van der Waals surface area contributed by atoms with Crippen LogP contribution in [0.5, 0.6) is 0 Å². The van der Waals surface area contributed by atoms with Crippen LogP contribution in [0, 0.1) is 17.2 Å².